The Hall–Kier alpha value is -1.07. The average molecular weight is 298 g/mol. The van der Waals surface area contributed by atoms with E-state index in [1.807, 2.05) is 11.9 Å². The smallest absolute Gasteiger partial charge is 0.149 e. The Morgan fingerprint density at radius 1 is 1.30 bits per heavy atom. The summed E-state index contributed by atoms with van der Waals surface area (Å²) >= 11 is 0. The van der Waals surface area contributed by atoms with Crippen LogP contribution in [-0.2, 0) is 16.4 Å². The van der Waals surface area contributed by atoms with Crippen LogP contribution in [0.1, 0.15) is 24.5 Å². The molecule has 0 spiro atoms. The average Bonchev–Trinajstić information content (AvgIpc) is 2.35. The number of rotatable bonds is 8. The van der Waals surface area contributed by atoms with Crippen molar-refractivity contribution in [3.05, 3.63) is 29.3 Å². The monoisotopic (exact) mass is 298 g/mol. The highest BCUT2D eigenvalue weighted by Gasteiger charge is 2.09. The van der Waals surface area contributed by atoms with E-state index >= 15 is 0 Å². The fraction of sp³-hybridized carbons (Fsp3) is 0.600. The van der Waals surface area contributed by atoms with Gasteiger partial charge in [0, 0.05) is 32.1 Å². The summed E-state index contributed by atoms with van der Waals surface area (Å²) in [5.74, 6) is 0.183. The Balaban J connectivity index is 2.67. The van der Waals surface area contributed by atoms with Gasteiger partial charge in [-0.1, -0.05) is 19.1 Å². The Labute approximate surface area is 123 Å². The molecule has 0 amide bonds. The van der Waals surface area contributed by atoms with Gasteiger partial charge in [0.15, 0.2) is 0 Å². The standard InChI is InChI=1S/C15H26N2O2S/c1-5-8-16-12-14-6-7-15(13(2)11-14)17(3)9-10-20(4,18)19/h6-7,11,16H,5,8-10,12H2,1-4H3. The van der Waals surface area contributed by atoms with Gasteiger partial charge in [-0.25, -0.2) is 8.42 Å². The van der Waals surface area contributed by atoms with Crippen molar-refractivity contribution >= 4 is 15.5 Å². The first-order valence-corrected chi connectivity index (χ1v) is 9.08. The lowest BCUT2D eigenvalue weighted by Crippen LogP contribution is -2.25. The zero-order valence-corrected chi connectivity index (χ0v) is 13.8. The van der Waals surface area contributed by atoms with E-state index in [1.54, 1.807) is 0 Å². The van der Waals surface area contributed by atoms with Crippen molar-refractivity contribution in [2.75, 3.05) is 37.0 Å². The van der Waals surface area contributed by atoms with Gasteiger partial charge in [-0.15, -0.1) is 0 Å². The van der Waals surface area contributed by atoms with Crippen LogP contribution in [0, 0.1) is 6.92 Å². The van der Waals surface area contributed by atoms with E-state index in [4.69, 9.17) is 0 Å². The molecule has 1 N–H and O–H groups in total. The molecular formula is C15H26N2O2S. The van der Waals surface area contributed by atoms with Crippen molar-refractivity contribution in [1.29, 1.82) is 0 Å². The molecule has 0 radical (unpaired) electrons. The molecule has 1 rings (SSSR count). The van der Waals surface area contributed by atoms with Gasteiger partial charge in [0.1, 0.15) is 9.84 Å². The molecule has 20 heavy (non-hydrogen) atoms. The molecule has 0 saturated carbocycles. The highest BCUT2D eigenvalue weighted by molar-refractivity contribution is 7.90. The SMILES string of the molecule is CCCNCc1ccc(N(C)CCS(C)(=O)=O)c(C)c1. The van der Waals surface area contributed by atoms with E-state index in [0.717, 1.165) is 25.2 Å². The third-order valence-corrected chi connectivity index (χ3v) is 4.15. The fourth-order valence-electron chi connectivity index (χ4n) is 2.09. The van der Waals surface area contributed by atoms with Crippen LogP contribution in [0.3, 0.4) is 0 Å². The molecule has 114 valence electrons. The Kier molecular flexibility index (Phi) is 6.49. The van der Waals surface area contributed by atoms with Gasteiger partial charge >= 0.3 is 0 Å². The van der Waals surface area contributed by atoms with Crippen LogP contribution in [0.2, 0.25) is 0 Å². The lowest BCUT2D eigenvalue weighted by molar-refractivity contribution is 0.601. The third-order valence-electron chi connectivity index (χ3n) is 3.23. The second-order valence-electron chi connectivity index (χ2n) is 5.35. The minimum atomic E-state index is -2.91. The predicted molar refractivity (Wildman–Crippen MR) is 86.2 cm³/mol. The summed E-state index contributed by atoms with van der Waals surface area (Å²) in [4.78, 5) is 2.00. The van der Waals surface area contributed by atoms with Crippen molar-refractivity contribution in [1.82, 2.24) is 5.32 Å². The van der Waals surface area contributed by atoms with Gasteiger partial charge in [0.25, 0.3) is 0 Å². The quantitative estimate of drug-likeness (QED) is 0.746. The number of nitrogens with one attached hydrogen (secondary N) is 1. The maximum atomic E-state index is 11.2. The molecule has 4 nitrogen and oxygen atoms in total. The van der Waals surface area contributed by atoms with Crippen molar-refractivity contribution in [3.63, 3.8) is 0 Å². The zero-order chi connectivity index (χ0) is 15.2. The first-order valence-electron chi connectivity index (χ1n) is 7.02. The van der Waals surface area contributed by atoms with Crippen molar-refractivity contribution in [2.24, 2.45) is 0 Å². The third kappa shape index (κ3) is 5.92. The topological polar surface area (TPSA) is 49.4 Å². The molecule has 0 aliphatic heterocycles. The van der Waals surface area contributed by atoms with E-state index in [0.29, 0.717) is 6.54 Å². The number of nitrogens with zero attached hydrogens (tertiary/aromatic N) is 1. The first-order chi connectivity index (χ1) is 9.33. The van der Waals surface area contributed by atoms with E-state index < -0.39 is 9.84 Å². The van der Waals surface area contributed by atoms with Crippen LogP contribution in [0.4, 0.5) is 5.69 Å². The minimum Gasteiger partial charge on any atom is -0.373 e. The number of benzene rings is 1. The molecule has 0 bridgehead atoms. The lowest BCUT2D eigenvalue weighted by Gasteiger charge is -2.21. The van der Waals surface area contributed by atoms with Gasteiger partial charge < -0.3 is 10.2 Å². The Morgan fingerprint density at radius 2 is 2.00 bits per heavy atom. The molecule has 0 aromatic heterocycles. The van der Waals surface area contributed by atoms with Crippen LogP contribution in [-0.4, -0.2) is 40.6 Å². The first kappa shape index (κ1) is 17.0. The van der Waals surface area contributed by atoms with Crippen LogP contribution in [0.25, 0.3) is 0 Å². The summed E-state index contributed by atoms with van der Waals surface area (Å²) in [5, 5.41) is 3.38. The largest absolute Gasteiger partial charge is 0.373 e. The molecule has 1 aromatic rings. The summed E-state index contributed by atoms with van der Waals surface area (Å²) in [7, 11) is -0.982. The summed E-state index contributed by atoms with van der Waals surface area (Å²) in [6, 6.07) is 6.33. The van der Waals surface area contributed by atoms with Crippen molar-refractivity contribution < 1.29 is 8.42 Å². The van der Waals surface area contributed by atoms with Gasteiger partial charge in [0.05, 0.1) is 5.75 Å². The maximum Gasteiger partial charge on any atom is 0.149 e. The molecule has 1 aromatic carbocycles. The van der Waals surface area contributed by atoms with E-state index in [-0.39, 0.29) is 5.75 Å². The second kappa shape index (κ2) is 7.64. The van der Waals surface area contributed by atoms with Crippen molar-refractivity contribution in [3.8, 4) is 0 Å². The van der Waals surface area contributed by atoms with E-state index in [9.17, 15) is 8.42 Å². The van der Waals surface area contributed by atoms with Gasteiger partial charge in [-0.3, -0.25) is 0 Å². The number of aryl methyl sites for hydroxylation is 1. The molecule has 0 aliphatic carbocycles. The summed E-state index contributed by atoms with van der Waals surface area (Å²) in [5.41, 5.74) is 3.53. The fourth-order valence-corrected chi connectivity index (χ4v) is 2.69. The zero-order valence-electron chi connectivity index (χ0n) is 12.9. The summed E-state index contributed by atoms with van der Waals surface area (Å²) in [6.07, 6.45) is 2.40. The lowest BCUT2D eigenvalue weighted by atomic mass is 10.1. The summed E-state index contributed by atoms with van der Waals surface area (Å²) in [6.45, 7) is 6.64. The van der Waals surface area contributed by atoms with E-state index in [1.165, 1.54) is 17.4 Å². The molecule has 0 saturated heterocycles. The maximum absolute atomic E-state index is 11.2. The molecular weight excluding hydrogens is 272 g/mol. The number of hydrogen-bond donors (Lipinski definition) is 1. The van der Waals surface area contributed by atoms with Gasteiger partial charge in [-0.2, -0.15) is 0 Å². The van der Waals surface area contributed by atoms with Crippen LogP contribution in [0.15, 0.2) is 18.2 Å². The van der Waals surface area contributed by atoms with Crippen LogP contribution in [0.5, 0.6) is 0 Å². The summed E-state index contributed by atoms with van der Waals surface area (Å²) < 4.78 is 22.4. The molecule has 0 heterocycles. The molecule has 0 fully saturated rings. The molecule has 0 atom stereocenters. The van der Waals surface area contributed by atoms with Gasteiger partial charge in [0.2, 0.25) is 0 Å². The Morgan fingerprint density at radius 3 is 2.55 bits per heavy atom. The molecule has 5 heteroatoms. The second-order valence-corrected chi connectivity index (χ2v) is 7.61. The van der Waals surface area contributed by atoms with Gasteiger partial charge in [-0.05, 0) is 37.1 Å². The molecule has 0 unspecified atom stereocenters. The molecule has 0 aliphatic rings. The number of sulfone groups is 1. The highest BCUT2D eigenvalue weighted by Crippen LogP contribution is 2.20. The minimum absolute atomic E-state index is 0.183. The predicted octanol–water partition coefficient (Wildman–Crippen LogP) is 1.98. The highest BCUT2D eigenvalue weighted by atomic mass is 32.2. The van der Waals surface area contributed by atoms with Crippen LogP contribution >= 0.6 is 0 Å². The van der Waals surface area contributed by atoms with Crippen molar-refractivity contribution in [2.45, 2.75) is 26.8 Å². The van der Waals surface area contributed by atoms with E-state index in [2.05, 4.69) is 37.4 Å². The normalized spacial score (nSPS) is 11.6. The Bertz CT molecular complexity index is 527. The number of anilines is 1. The number of hydrogen-bond acceptors (Lipinski definition) is 4. The van der Waals surface area contributed by atoms with Crippen LogP contribution < -0.4 is 10.2 Å².